The Kier molecular flexibility index (Phi) is 8.49. The van der Waals surface area contributed by atoms with Crippen molar-refractivity contribution in [2.24, 2.45) is 0 Å². The van der Waals surface area contributed by atoms with E-state index in [9.17, 15) is 4.79 Å². The van der Waals surface area contributed by atoms with E-state index in [1.165, 1.54) is 0 Å². The zero-order valence-electron chi connectivity index (χ0n) is 6.92. The molecule has 0 saturated heterocycles. The second-order valence-corrected chi connectivity index (χ2v) is 2.82. The fraction of sp³-hybridized carbons (Fsp3) is 0.625. The van der Waals surface area contributed by atoms with E-state index in [2.05, 4.69) is 27.2 Å². The van der Waals surface area contributed by atoms with Crippen LogP contribution in [0.1, 0.15) is 6.42 Å². The van der Waals surface area contributed by atoms with Crippen LogP contribution in [0.15, 0.2) is 12.7 Å². The highest BCUT2D eigenvalue weighted by Gasteiger charge is 1.93. The zero-order valence-corrected chi connectivity index (χ0v) is 8.51. The third kappa shape index (κ3) is 7.75. The molecule has 0 saturated carbocycles. The standard InChI is InChI=1S/C8H13BrO3/c1-2-8(10)12-7-6-11-5-3-4-9/h2H,1,3-7H2. The maximum atomic E-state index is 10.5. The molecule has 3 nitrogen and oxygen atoms in total. The Morgan fingerprint density at radius 3 is 2.75 bits per heavy atom. The molecular formula is C8H13BrO3. The number of ether oxygens (including phenoxy) is 2. The van der Waals surface area contributed by atoms with Gasteiger partial charge in [0.2, 0.25) is 0 Å². The summed E-state index contributed by atoms with van der Waals surface area (Å²) in [4.78, 5) is 10.5. The van der Waals surface area contributed by atoms with Crippen LogP contribution < -0.4 is 0 Å². The minimum absolute atomic E-state index is 0.299. The second kappa shape index (κ2) is 8.74. The Hall–Kier alpha value is -0.350. The van der Waals surface area contributed by atoms with Gasteiger partial charge in [-0.3, -0.25) is 0 Å². The Morgan fingerprint density at radius 1 is 1.42 bits per heavy atom. The quantitative estimate of drug-likeness (QED) is 0.291. The second-order valence-electron chi connectivity index (χ2n) is 2.03. The summed E-state index contributed by atoms with van der Waals surface area (Å²) in [7, 11) is 0. The van der Waals surface area contributed by atoms with Crippen molar-refractivity contribution in [1.82, 2.24) is 0 Å². The van der Waals surface area contributed by atoms with Crippen molar-refractivity contribution in [2.45, 2.75) is 6.42 Å². The summed E-state index contributed by atoms with van der Waals surface area (Å²) in [6, 6.07) is 0. The molecule has 0 fully saturated rings. The molecule has 0 aliphatic heterocycles. The van der Waals surface area contributed by atoms with Crippen molar-refractivity contribution >= 4 is 21.9 Å². The van der Waals surface area contributed by atoms with Crippen molar-refractivity contribution in [3.05, 3.63) is 12.7 Å². The number of carbonyl (C=O) groups excluding carboxylic acids is 1. The van der Waals surface area contributed by atoms with E-state index in [-0.39, 0.29) is 0 Å². The summed E-state index contributed by atoms with van der Waals surface area (Å²) in [5.74, 6) is -0.404. The Labute approximate surface area is 80.9 Å². The van der Waals surface area contributed by atoms with Crippen LogP contribution in [0.3, 0.4) is 0 Å². The van der Waals surface area contributed by atoms with Crippen molar-refractivity contribution < 1.29 is 14.3 Å². The highest BCUT2D eigenvalue weighted by molar-refractivity contribution is 9.09. The average molecular weight is 237 g/mol. The van der Waals surface area contributed by atoms with Gasteiger partial charge < -0.3 is 9.47 Å². The van der Waals surface area contributed by atoms with Gasteiger partial charge >= 0.3 is 5.97 Å². The van der Waals surface area contributed by atoms with Crippen LogP contribution in [0.25, 0.3) is 0 Å². The van der Waals surface area contributed by atoms with E-state index in [0.717, 1.165) is 17.8 Å². The van der Waals surface area contributed by atoms with Crippen molar-refractivity contribution in [1.29, 1.82) is 0 Å². The van der Waals surface area contributed by atoms with E-state index in [1.54, 1.807) is 0 Å². The number of hydrogen-bond acceptors (Lipinski definition) is 3. The largest absolute Gasteiger partial charge is 0.460 e. The lowest BCUT2D eigenvalue weighted by Crippen LogP contribution is -2.08. The molecule has 0 unspecified atom stereocenters. The molecule has 12 heavy (non-hydrogen) atoms. The van der Waals surface area contributed by atoms with Crippen molar-refractivity contribution in [2.75, 3.05) is 25.2 Å². The molecule has 0 radical (unpaired) electrons. The lowest BCUT2D eigenvalue weighted by Gasteiger charge is -2.02. The third-order valence-electron chi connectivity index (χ3n) is 1.06. The Balaban J connectivity index is 3.00. The lowest BCUT2D eigenvalue weighted by atomic mass is 10.5. The topological polar surface area (TPSA) is 35.5 Å². The monoisotopic (exact) mass is 236 g/mol. The van der Waals surface area contributed by atoms with Crippen molar-refractivity contribution in [3.63, 3.8) is 0 Å². The first-order valence-corrected chi connectivity index (χ1v) is 4.86. The summed E-state index contributed by atoms with van der Waals surface area (Å²) in [5.41, 5.74) is 0. The van der Waals surface area contributed by atoms with Gasteiger partial charge in [0.1, 0.15) is 6.61 Å². The Morgan fingerprint density at radius 2 is 2.17 bits per heavy atom. The summed E-state index contributed by atoms with van der Waals surface area (Å²) < 4.78 is 9.81. The Bertz CT molecular complexity index is 136. The minimum Gasteiger partial charge on any atom is -0.460 e. The molecule has 0 bridgehead atoms. The number of hydrogen-bond donors (Lipinski definition) is 0. The van der Waals surface area contributed by atoms with Crippen LogP contribution in [0, 0.1) is 0 Å². The van der Waals surface area contributed by atoms with Gasteiger partial charge in [-0.25, -0.2) is 4.79 Å². The molecule has 0 amide bonds. The number of alkyl halides is 1. The molecular weight excluding hydrogens is 224 g/mol. The summed E-state index contributed by atoms with van der Waals surface area (Å²) in [5, 5.41) is 0.930. The van der Waals surface area contributed by atoms with Gasteiger partial charge in [-0.05, 0) is 6.42 Å². The molecule has 0 aromatic rings. The van der Waals surface area contributed by atoms with E-state index in [0.29, 0.717) is 19.8 Å². The van der Waals surface area contributed by atoms with E-state index in [4.69, 9.17) is 4.74 Å². The van der Waals surface area contributed by atoms with Crippen LogP contribution in [0.4, 0.5) is 0 Å². The van der Waals surface area contributed by atoms with Crippen molar-refractivity contribution in [3.8, 4) is 0 Å². The van der Waals surface area contributed by atoms with E-state index < -0.39 is 5.97 Å². The fourth-order valence-corrected chi connectivity index (χ4v) is 0.748. The molecule has 0 N–H and O–H groups in total. The first kappa shape index (κ1) is 11.6. The molecule has 0 aliphatic carbocycles. The van der Waals surface area contributed by atoms with Crippen LogP contribution in [-0.2, 0) is 14.3 Å². The summed E-state index contributed by atoms with van der Waals surface area (Å²) in [6.07, 6.45) is 2.11. The summed E-state index contributed by atoms with van der Waals surface area (Å²) >= 11 is 3.27. The summed E-state index contributed by atoms with van der Waals surface area (Å²) in [6.45, 7) is 4.71. The van der Waals surface area contributed by atoms with Crippen LogP contribution in [0.2, 0.25) is 0 Å². The number of halogens is 1. The van der Waals surface area contributed by atoms with Gasteiger partial charge in [0, 0.05) is 18.0 Å². The zero-order chi connectivity index (χ0) is 9.23. The average Bonchev–Trinajstić information content (AvgIpc) is 2.10. The number of carbonyl (C=O) groups is 1. The van der Waals surface area contributed by atoms with Gasteiger partial charge in [0.15, 0.2) is 0 Å². The van der Waals surface area contributed by atoms with Gasteiger partial charge in [-0.2, -0.15) is 0 Å². The number of rotatable bonds is 7. The maximum Gasteiger partial charge on any atom is 0.330 e. The molecule has 4 heteroatoms. The maximum absolute atomic E-state index is 10.5. The van der Waals surface area contributed by atoms with Gasteiger partial charge in [-0.15, -0.1) is 0 Å². The molecule has 0 atom stereocenters. The molecule has 0 aliphatic rings. The van der Waals surface area contributed by atoms with E-state index >= 15 is 0 Å². The smallest absolute Gasteiger partial charge is 0.330 e. The molecule has 0 aromatic heterocycles. The van der Waals surface area contributed by atoms with Crippen LogP contribution >= 0.6 is 15.9 Å². The minimum atomic E-state index is -0.404. The first-order valence-electron chi connectivity index (χ1n) is 3.74. The van der Waals surface area contributed by atoms with Crippen LogP contribution in [0.5, 0.6) is 0 Å². The third-order valence-corrected chi connectivity index (χ3v) is 1.62. The molecule has 0 aromatic carbocycles. The molecule has 0 rings (SSSR count). The van der Waals surface area contributed by atoms with Gasteiger partial charge in [0.05, 0.1) is 6.61 Å². The molecule has 70 valence electrons. The predicted octanol–water partition coefficient (Wildman–Crippen LogP) is 1.52. The highest BCUT2D eigenvalue weighted by atomic mass is 79.9. The predicted molar refractivity (Wildman–Crippen MR) is 50.4 cm³/mol. The van der Waals surface area contributed by atoms with Crippen LogP contribution in [-0.4, -0.2) is 31.1 Å². The molecule has 0 spiro atoms. The molecule has 0 heterocycles. The van der Waals surface area contributed by atoms with Gasteiger partial charge in [-0.1, -0.05) is 22.5 Å². The fourth-order valence-electron chi connectivity index (χ4n) is 0.519. The number of esters is 1. The first-order chi connectivity index (χ1) is 5.81. The van der Waals surface area contributed by atoms with E-state index in [1.807, 2.05) is 0 Å². The van der Waals surface area contributed by atoms with Gasteiger partial charge in [0.25, 0.3) is 0 Å². The lowest BCUT2D eigenvalue weighted by molar-refractivity contribution is -0.139. The normalized spacial score (nSPS) is 9.42. The highest BCUT2D eigenvalue weighted by Crippen LogP contribution is 1.88. The SMILES string of the molecule is C=CC(=O)OCCOCCCBr.